The van der Waals surface area contributed by atoms with Crippen LogP contribution in [0.25, 0.3) is 0 Å². The maximum Gasteiger partial charge on any atom is 0.204 e. The lowest BCUT2D eigenvalue weighted by Gasteiger charge is -2.13. The molecule has 0 bridgehead atoms. The van der Waals surface area contributed by atoms with Crippen LogP contribution in [-0.2, 0) is 4.74 Å². The summed E-state index contributed by atoms with van der Waals surface area (Å²) in [4.78, 5) is 8.29. The molecular weight excluding hydrogens is 220 g/mol. The minimum Gasteiger partial charge on any atom is -0.490 e. The number of rotatable bonds is 8. The normalized spacial score (nSPS) is 10.1. The molecule has 6 nitrogen and oxygen atoms in total. The monoisotopic (exact) mass is 240 g/mol. The first-order chi connectivity index (χ1) is 8.33. The fourth-order valence-electron chi connectivity index (χ4n) is 1.41. The Hall–Kier alpha value is -1.56. The molecule has 0 spiro atoms. The van der Waals surface area contributed by atoms with Gasteiger partial charge in [-0.1, -0.05) is 0 Å². The molecule has 0 amide bonds. The SMILES string of the molecule is CCNc1ncnc(NCCCOC)c1OC. The van der Waals surface area contributed by atoms with Crippen molar-refractivity contribution in [1.29, 1.82) is 0 Å². The van der Waals surface area contributed by atoms with Gasteiger partial charge >= 0.3 is 0 Å². The minimum atomic E-state index is 0.645. The molecule has 0 fully saturated rings. The van der Waals surface area contributed by atoms with Crippen LogP contribution in [0.4, 0.5) is 11.6 Å². The molecule has 0 aliphatic heterocycles. The molecule has 1 aromatic heterocycles. The molecule has 17 heavy (non-hydrogen) atoms. The number of hydrogen-bond acceptors (Lipinski definition) is 6. The molecule has 1 rings (SSSR count). The summed E-state index contributed by atoms with van der Waals surface area (Å²) >= 11 is 0. The third-order valence-electron chi connectivity index (χ3n) is 2.17. The third kappa shape index (κ3) is 4.07. The van der Waals surface area contributed by atoms with Gasteiger partial charge in [0.2, 0.25) is 5.75 Å². The number of nitrogens with zero attached hydrogens (tertiary/aromatic N) is 2. The predicted molar refractivity (Wildman–Crippen MR) is 67.7 cm³/mol. The second kappa shape index (κ2) is 7.67. The molecule has 0 aromatic carbocycles. The summed E-state index contributed by atoms with van der Waals surface area (Å²) in [5, 5.41) is 6.33. The number of methoxy groups -OCH3 is 2. The Morgan fingerprint density at radius 3 is 2.47 bits per heavy atom. The smallest absolute Gasteiger partial charge is 0.204 e. The van der Waals surface area contributed by atoms with E-state index in [1.54, 1.807) is 14.2 Å². The van der Waals surface area contributed by atoms with Gasteiger partial charge in [0, 0.05) is 26.8 Å². The quantitative estimate of drug-likeness (QED) is 0.669. The number of ether oxygens (including phenoxy) is 2. The predicted octanol–water partition coefficient (Wildman–Crippen LogP) is 1.37. The van der Waals surface area contributed by atoms with E-state index >= 15 is 0 Å². The van der Waals surface area contributed by atoms with E-state index in [1.807, 2.05) is 6.92 Å². The number of nitrogens with one attached hydrogen (secondary N) is 2. The van der Waals surface area contributed by atoms with Gasteiger partial charge < -0.3 is 20.1 Å². The van der Waals surface area contributed by atoms with Crippen LogP contribution in [0.15, 0.2) is 6.33 Å². The standard InChI is InChI=1S/C11H20N4O2/c1-4-12-10-9(17-3)11(15-8-14-10)13-6-5-7-16-2/h8H,4-7H2,1-3H3,(H2,12,13,14,15). The second-order valence-corrected chi connectivity index (χ2v) is 3.41. The molecule has 6 heteroatoms. The summed E-state index contributed by atoms with van der Waals surface area (Å²) in [5.41, 5.74) is 0. The number of aromatic nitrogens is 2. The van der Waals surface area contributed by atoms with Crippen molar-refractivity contribution in [2.45, 2.75) is 13.3 Å². The maximum atomic E-state index is 5.30. The molecular formula is C11H20N4O2. The van der Waals surface area contributed by atoms with Gasteiger partial charge in [-0.15, -0.1) is 0 Å². The summed E-state index contributed by atoms with van der Waals surface area (Å²) in [7, 11) is 3.30. The fourth-order valence-corrected chi connectivity index (χ4v) is 1.41. The summed E-state index contributed by atoms with van der Waals surface area (Å²) in [6, 6.07) is 0. The van der Waals surface area contributed by atoms with Crippen LogP contribution in [-0.4, -0.2) is 43.9 Å². The molecule has 96 valence electrons. The fraction of sp³-hybridized carbons (Fsp3) is 0.636. The molecule has 0 unspecified atom stereocenters. The molecule has 0 radical (unpaired) electrons. The van der Waals surface area contributed by atoms with Crippen LogP contribution < -0.4 is 15.4 Å². The zero-order chi connectivity index (χ0) is 12.5. The number of anilines is 2. The summed E-state index contributed by atoms with van der Waals surface area (Å²) in [6.45, 7) is 4.30. The van der Waals surface area contributed by atoms with Gasteiger partial charge in [-0.05, 0) is 13.3 Å². The maximum absolute atomic E-state index is 5.30. The highest BCUT2D eigenvalue weighted by Crippen LogP contribution is 2.28. The van der Waals surface area contributed by atoms with Gasteiger partial charge in [0.1, 0.15) is 6.33 Å². The van der Waals surface area contributed by atoms with E-state index in [0.717, 1.165) is 26.1 Å². The van der Waals surface area contributed by atoms with Crippen molar-refractivity contribution in [3.05, 3.63) is 6.33 Å². The lowest BCUT2D eigenvalue weighted by atomic mass is 10.4. The van der Waals surface area contributed by atoms with E-state index in [2.05, 4.69) is 20.6 Å². The number of hydrogen-bond donors (Lipinski definition) is 2. The van der Waals surface area contributed by atoms with Crippen molar-refractivity contribution in [3.8, 4) is 5.75 Å². The Bertz CT molecular complexity index is 333. The van der Waals surface area contributed by atoms with Crippen molar-refractivity contribution in [2.24, 2.45) is 0 Å². The summed E-state index contributed by atoms with van der Waals surface area (Å²) < 4.78 is 10.3. The first-order valence-electron chi connectivity index (χ1n) is 5.69. The lowest BCUT2D eigenvalue weighted by molar-refractivity contribution is 0.197. The average molecular weight is 240 g/mol. The first kappa shape index (κ1) is 13.5. The largest absolute Gasteiger partial charge is 0.490 e. The zero-order valence-corrected chi connectivity index (χ0v) is 10.6. The Morgan fingerprint density at radius 2 is 1.88 bits per heavy atom. The van der Waals surface area contributed by atoms with E-state index in [4.69, 9.17) is 9.47 Å². The van der Waals surface area contributed by atoms with Crippen LogP contribution in [0.2, 0.25) is 0 Å². The average Bonchev–Trinajstić information content (AvgIpc) is 2.35. The van der Waals surface area contributed by atoms with Crippen LogP contribution in [0.1, 0.15) is 13.3 Å². The molecule has 0 saturated carbocycles. The Balaban J connectivity index is 2.66. The molecule has 0 aliphatic carbocycles. The van der Waals surface area contributed by atoms with Gasteiger partial charge in [-0.25, -0.2) is 9.97 Å². The van der Waals surface area contributed by atoms with Gasteiger partial charge in [-0.2, -0.15) is 0 Å². The summed E-state index contributed by atoms with van der Waals surface area (Å²) in [6.07, 6.45) is 2.43. The Kier molecular flexibility index (Phi) is 6.09. The highest BCUT2D eigenvalue weighted by Gasteiger charge is 2.10. The molecule has 0 aliphatic rings. The van der Waals surface area contributed by atoms with Gasteiger partial charge in [0.25, 0.3) is 0 Å². The van der Waals surface area contributed by atoms with Crippen molar-refractivity contribution in [3.63, 3.8) is 0 Å². The second-order valence-electron chi connectivity index (χ2n) is 3.41. The highest BCUT2D eigenvalue weighted by atomic mass is 16.5. The molecule has 2 N–H and O–H groups in total. The molecule has 1 heterocycles. The van der Waals surface area contributed by atoms with Crippen molar-refractivity contribution >= 4 is 11.6 Å². The highest BCUT2D eigenvalue weighted by molar-refractivity contribution is 5.63. The van der Waals surface area contributed by atoms with Gasteiger partial charge in [-0.3, -0.25) is 0 Å². The van der Waals surface area contributed by atoms with Gasteiger partial charge in [0.05, 0.1) is 7.11 Å². The first-order valence-corrected chi connectivity index (χ1v) is 5.69. The van der Waals surface area contributed by atoms with E-state index < -0.39 is 0 Å². The summed E-state index contributed by atoms with van der Waals surface area (Å²) in [5.74, 6) is 2.06. The minimum absolute atomic E-state index is 0.645. The van der Waals surface area contributed by atoms with Crippen LogP contribution in [0.5, 0.6) is 5.75 Å². The van der Waals surface area contributed by atoms with E-state index in [1.165, 1.54) is 6.33 Å². The van der Waals surface area contributed by atoms with E-state index in [0.29, 0.717) is 17.4 Å². The van der Waals surface area contributed by atoms with Crippen molar-refractivity contribution < 1.29 is 9.47 Å². The van der Waals surface area contributed by atoms with Crippen LogP contribution in [0, 0.1) is 0 Å². The van der Waals surface area contributed by atoms with Gasteiger partial charge in [0.15, 0.2) is 11.6 Å². The molecule has 0 saturated heterocycles. The third-order valence-corrected chi connectivity index (χ3v) is 2.17. The van der Waals surface area contributed by atoms with Crippen molar-refractivity contribution in [2.75, 3.05) is 44.5 Å². The van der Waals surface area contributed by atoms with Crippen molar-refractivity contribution in [1.82, 2.24) is 9.97 Å². The van der Waals surface area contributed by atoms with E-state index in [9.17, 15) is 0 Å². The Labute approximate surface area is 102 Å². The van der Waals surface area contributed by atoms with Crippen LogP contribution >= 0.6 is 0 Å². The molecule has 1 aromatic rings. The lowest BCUT2D eigenvalue weighted by Crippen LogP contribution is -2.10. The molecule has 0 atom stereocenters. The van der Waals surface area contributed by atoms with E-state index in [-0.39, 0.29) is 0 Å². The zero-order valence-electron chi connectivity index (χ0n) is 10.6. The topological polar surface area (TPSA) is 68.3 Å². The Morgan fingerprint density at radius 1 is 1.18 bits per heavy atom. The van der Waals surface area contributed by atoms with Crippen LogP contribution in [0.3, 0.4) is 0 Å².